The second-order valence-corrected chi connectivity index (χ2v) is 4.44. The average Bonchev–Trinajstić information content (AvgIpc) is 2.53. The van der Waals surface area contributed by atoms with E-state index in [0.717, 1.165) is 16.5 Å². The first kappa shape index (κ1) is 13.1. The number of hydrogen-bond donors (Lipinski definition) is 1. The maximum Gasteiger partial charge on any atom is 0.358 e. The Morgan fingerprint density at radius 3 is 2.67 bits per heavy atom. The minimum Gasteiger partial charge on any atom is -0.486 e. The average molecular weight is 280 g/mol. The van der Waals surface area contributed by atoms with Crippen molar-refractivity contribution < 1.29 is 14.6 Å². The number of aromatic carboxylic acids is 1. The molecule has 3 rings (SSSR count). The summed E-state index contributed by atoms with van der Waals surface area (Å²) in [4.78, 5) is 19.2. The van der Waals surface area contributed by atoms with Crippen molar-refractivity contribution >= 4 is 16.9 Å². The number of para-hydroxylation sites is 1. The summed E-state index contributed by atoms with van der Waals surface area (Å²) >= 11 is 0. The summed E-state index contributed by atoms with van der Waals surface area (Å²) in [6, 6.07) is 12.9. The molecule has 0 bridgehead atoms. The first-order valence-corrected chi connectivity index (χ1v) is 6.39. The molecule has 0 saturated heterocycles. The van der Waals surface area contributed by atoms with Crippen LogP contribution in [-0.4, -0.2) is 21.0 Å². The van der Waals surface area contributed by atoms with Crippen LogP contribution in [0.4, 0.5) is 0 Å². The largest absolute Gasteiger partial charge is 0.486 e. The van der Waals surface area contributed by atoms with Gasteiger partial charge in [0.1, 0.15) is 6.61 Å². The quantitative estimate of drug-likeness (QED) is 0.795. The monoisotopic (exact) mass is 280 g/mol. The second kappa shape index (κ2) is 5.58. The molecule has 0 radical (unpaired) electrons. The van der Waals surface area contributed by atoms with E-state index >= 15 is 0 Å². The Kier molecular flexibility index (Phi) is 3.47. The van der Waals surface area contributed by atoms with Gasteiger partial charge < -0.3 is 9.84 Å². The third-order valence-electron chi connectivity index (χ3n) is 3.07. The van der Waals surface area contributed by atoms with Gasteiger partial charge in [-0.15, -0.1) is 0 Å². The van der Waals surface area contributed by atoms with Gasteiger partial charge in [0.15, 0.2) is 11.4 Å². The smallest absolute Gasteiger partial charge is 0.358 e. The summed E-state index contributed by atoms with van der Waals surface area (Å²) in [6.07, 6.45) is 3.15. The molecule has 1 aromatic carbocycles. The second-order valence-electron chi connectivity index (χ2n) is 4.44. The van der Waals surface area contributed by atoms with Crippen molar-refractivity contribution in [1.82, 2.24) is 9.97 Å². The summed E-state index contributed by atoms with van der Waals surface area (Å²) < 4.78 is 5.61. The predicted octanol–water partition coefficient (Wildman–Crippen LogP) is 2.91. The van der Waals surface area contributed by atoms with E-state index in [-0.39, 0.29) is 18.1 Å². The van der Waals surface area contributed by atoms with Gasteiger partial charge in [-0.05, 0) is 18.2 Å². The van der Waals surface area contributed by atoms with E-state index in [2.05, 4.69) is 9.97 Å². The van der Waals surface area contributed by atoms with Crippen LogP contribution in [0.3, 0.4) is 0 Å². The first-order valence-electron chi connectivity index (χ1n) is 6.39. The van der Waals surface area contributed by atoms with Crippen molar-refractivity contribution in [1.29, 1.82) is 0 Å². The van der Waals surface area contributed by atoms with Gasteiger partial charge in [0.2, 0.25) is 0 Å². The van der Waals surface area contributed by atoms with Crippen LogP contribution in [0.25, 0.3) is 10.9 Å². The number of nitrogens with zero attached hydrogens (tertiary/aromatic N) is 2. The molecule has 0 aliphatic heterocycles. The fourth-order valence-corrected chi connectivity index (χ4v) is 2.11. The Morgan fingerprint density at radius 2 is 1.81 bits per heavy atom. The van der Waals surface area contributed by atoms with Crippen LogP contribution in [0.15, 0.2) is 54.9 Å². The lowest BCUT2D eigenvalue weighted by Gasteiger charge is -2.09. The number of carboxylic acids is 1. The minimum atomic E-state index is -1.11. The van der Waals surface area contributed by atoms with Crippen LogP contribution in [0.2, 0.25) is 0 Å². The number of fused-ring (bicyclic) bond motifs is 1. The van der Waals surface area contributed by atoms with Crippen LogP contribution in [0, 0.1) is 0 Å². The van der Waals surface area contributed by atoms with Crippen LogP contribution in [0.5, 0.6) is 5.75 Å². The molecule has 2 aromatic heterocycles. The Labute approximate surface area is 120 Å². The topological polar surface area (TPSA) is 72.3 Å². The molecule has 1 N–H and O–H groups in total. The van der Waals surface area contributed by atoms with Crippen LogP contribution in [0.1, 0.15) is 16.1 Å². The van der Waals surface area contributed by atoms with Crippen molar-refractivity contribution in [3.63, 3.8) is 0 Å². The molecule has 5 nitrogen and oxygen atoms in total. The molecule has 0 saturated carbocycles. The van der Waals surface area contributed by atoms with Crippen molar-refractivity contribution in [2.45, 2.75) is 6.61 Å². The summed E-state index contributed by atoms with van der Waals surface area (Å²) in [5, 5.41) is 10.1. The molecule has 0 aliphatic carbocycles. The Balaban J connectivity index is 1.89. The first-order chi connectivity index (χ1) is 10.3. The molecule has 0 amide bonds. The lowest BCUT2D eigenvalue weighted by atomic mass is 10.1. The molecule has 21 heavy (non-hydrogen) atoms. The molecule has 0 atom stereocenters. The molecule has 3 aromatic rings. The molecule has 2 heterocycles. The molecule has 0 fully saturated rings. The zero-order chi connectivity index (χ0) is 14.7. The van der Waals surface area contributed by atoms with Gasteiger partial charge in [0, 0.05) is 23.3 Å². The zero-order valence-corrected chi connectivity index (χ0v) is 11.1. The van der Waals surface area contributed by atoms with Crippen LogP contribution < -0.4 is 4.74 Å². The third kappa shape index (κ3) is 2.67. The van der Waals surface area contributed by atoms with Crippen molar-refractivity contribution in [3.05, 3.63) is 66.1 Å². The number of hydrogen-bond acceptors (Lipinski definition) is 4. The standard InChI is InChI=1S/C16H12N2O3/c19-16(20)15-13(7-3-9-18-15)21-10-12-5-1-4-11-6-2-8-17-14(11)12/h1-9H,10H2,(H,19,20). The van der Waals surface area contributed by atoms with Gasteiger partial charge in [-0.2, -0.15) is 0 Å². The van der Waals surface area contributed by atoms with Gasteiger partial charge in [0.25, 0.3) is 0 Å². The van der Waals surface area contributed by atoms with E-state index in [1.807, 2.05) is 30.3 Å². The molecular formula is C16H12N2O3. The van der Waals surface area contributed by atoms with Crippen LogP contribution in [-0.2, 0) is 6.61 Å². The molecule has 0 spiro atoms. The number of ether oxygens (including phenoxy) is 1. The van der Waals surface area contributed by atoms with E-state index in [4.69, 9.17) is 9.84 Å². The Bertz CT molecular complexity index is 797. The summed E-state index contributed by atoms with van der Waals surface area (Å²) in [6.45, 7) is 0.236. The lowest BCUT2D eigenvalue weighted by molar-refractivity contribution is 0.0685. The SMILES string of the molecule is O=C(O)c1ncccc1OCc1cccc2cccnc12. The molecule has 104 valence electrons. The van der Waals surface area contributed by atoms with Gasteiger partial charge in [-0.25, -0.2) is 9.78 Å². The molecule has 5 heteroatoms. The normalized spacial score (nSPS) is 10.5. The summed E-state index contributed by atoms with van der Waals surface area (Å²) in [5.74, 6) is -0.862. The van der Waals surface area contributed by atoms with Gasteiger partial charge >= 0.3 is 5.97 Å². The predicted molar refractivity (Wildman–Crippen MR) is 77.3 cm³/mol. The number of pyridine rings is 2. The van der Waals surface area contributed by atoms with E-state index in [0.29, 0.717) is 0 Å². The number of aromatic nitrogens is 2. The zero-order valence-electron chi connectivity index (χ0n) is 11.1. The fourth-order valence-electron chi connectivity index (χ4n) is 2.11. The molecule has 0 aliphatic rings. The van der Waals surface area contributed by atoms with E-state index in [9.17, 15) is 4.79 Å². The van der Waals surface area contributed by atoms with E-state index in [1.165, 1.54) is 6.20 Å². The number of carboxylic acid groups (broad SMARTS) is 1. The fraction of sp³-hybridized carbons (Fsp3) is 0.0625. The van der Waals surface area contributed by atoms with Gasteiger partial charge in [-0.1, -0.05) is 24.3 Å². The maximum atomic E-state index is 11.1. The Morgan fingerprint density at radius 1 is 1.05 bits per heavy atom. The highest BCUT2D eigenvalue weighted by Gasteiger charge is 2.12. The van der Waals surface area contributed by atoms with Gasteiger partial charge in [0.05, 0.1) is 5.52 Å². The third-order valence-corrected chi connectivity index (χ3v) is 3.07. The number of benzene rings is 1. The van der Waals surface area contributed by atoms with E-state index in [1.54, 1.807) is 18.3 Å². The van der Waals surface area contributed by atoms with E-state index < -0.39 is 5.97 Å². The van der Waals surface area contributed by atoms with Gasteiger partial charge in [-0.3, -0.25) is 4.98 Å². The highest BCUT2D eigenvalue weighted by Crippen LogP contribution is 2.20. The summed E-state index contributed by atoms with van der Waals surface area (Å²) in [5.41, 5.74) is 1.65. The number of rotatable bonds is 4. The Hall–Kier alpha value is -2.95. The number of carbonyl (C=O) groups is 1. The van der Waals surface area contributed by atoms with Crippen molar-refractivity contribution in [3.8, 4) is 5.75 Å². The summed E-state index contributed by atoms with van der Waals surface area (Å²) in [7, 11) is 0. The lowest BCUT2D eigenvalue weighted by Crippen LogP contribution is -2.06. The maximum absolute atomic E-state index is 11.1. The minimum absolute atomic E-state index is 0.0919. The highest BCUT2D eigenvalue weighted by atomic mass is 16.5. The van der Waals surface area contributed by atoms with Crippen LogP contribution >= 0.6 is 0 Å². The van der Waals surface area contributed by atoms with Crippen molar-refractivity contribution in [2.75, 3.05) is 0 Å². The highest BCUT2D eigenvalue weighted by molar-refractivity contribution is 5.88. The molecule has 0 unspecified atom stereocenters. The molecular weight excluding hydrogens is 268 g/mol. The van der Waals surface area contributed by atoms with Crippen molar-refractivity contribution in [2.24, 2.45) is 0 Å².